The van der Waals surface area contributed by atoms with Crippen LogP contribution in [0.3, 0.4) is 0 Å². The summed E-state index contributed by atoms with van der Waals surface area (Å²) in [5, 5.41) is 7.15. The highest BCUT2D eigenvalue weighted by molar-refractivity contribution is 7.21. The van der Waals surface area contributed by atoms with Crippen molar-refractivity contribution in [3.05, 3.63) is 76.1 Å². The van der Waals surface area contributed by atoms with Gasteiger partial charge in [0.1, 0.15) is 21.0 Å². The Balaban J connectivity index is 1.59. The minimum atomic E-state index is -4.67. The molecule has 4 aromatic heterocycles. The van der Waals surface area contributed by atoms with Gasteiger partial charge in [-0.1, -0.05) is 29.8 Å². The number of amides is 2. The lowest BCUT2D eigenvalue weighted by atomic mass is 10.1. The maximum absolute atomic E-state index is 13.3. The van der Waals surface area contributed by atoms with Gasteiger partial charge in [0, 0.05) is 17.1 Å². The molecule has 0 bridgehead atoms. The van der Waals surface area contributed by atoms with Crippen LogP contribution in [0.2, 0.25) is 0 Å². The number of benzene rings is 1. The van der Waals surface area contributed by atoms with Crippen molar-refractivity contribution in [3.63, 3.8) is 0 Å². The van der Waals surface area contributed by atoms with Crippen molar-refractivity contribution in [1.82, 2.24) is 19.6 Å². The Labute approximate surface area is 205 Å². The van der Waals surface area contributed by atoms with Gasteiger partial charge in [0.25, 0.3) is 11.8 Å². The number of halogens is 3. The molecule has 0 aliphatic carbocycles. The van der Waals surface area contributed by atoms with Gasteiger partial charge in [0.15, 0.2) is 5.65 Å². The topological polar surface area (TPSA) is 115 Å². The highest BCUT2D eigenvalue weighted by atomic mass is 32.1. The highest BCUT2D eigenvalue weighted by Gasteiger charge is 2.34. The van der Waals surface area contributed by atoms with E-state index >= 15 is 0 Å². The van der Waals surface area contributed by atoms with Crippen LogP contribution in [0.1, 0.15) is 36.9 Å². The monoisotopic (exact) mass is 510 g/mol. The van der Waals surface area contributed by atoms with Crippen LogP contribution >= 0.6 is 11.3 Å². The van der Waals surface area contributed by atoms with Crippen LogP contribution in [0.4, 0.5) is 18.9 Å². The summed E-state index contributed by atoms with van der Waals surface area (Å²) in [6.45, 7) is 3.41. The number of fused-ring (bicyclic) bond motifs is 2. The zero-order valence-electron chi connectivity index (χ0n) is 18.8. The number of thiophene rings is 1. The fourth-order valence-electron chi connectivity index (χ4n) is 3.90. The van der Waals surface area contributed by atoms with Gasteiger partial charge in [0.05, 0.1) is 17.6 Å². The van der Waals surface area contributed by atoms with Crippen molar-refractivity contribution in [2.45, 2.75) is 20.0 Å². The number of pyridine rings is 1. The number of aryl methyl sites for hydroxylation is 2. The first kappa shape index (κ1) is 23.4. The first-order valence-electron chi connectivity index (χ1n) is 10.6. The molecule has 0 radical (unpaired) electrons. The fraction of sp³-hybridized carbons (Fsp3) is 0.125. The summed E-state index contributed by atoms with van der Waals surface area (Å²) in [5.74, 6) is -1.55. The minimum absolute atomic E-state index is 0.000244. The summed E-state index contributed by atoms with van der Waals surface area (Å²) < 4.78 is 41.3. The molecule has 1 aromatic carbocycles. The number of hydrogen-bond acceptors (Lipinski definition) is 6. The van der Waals surface area contributed by atoms with Crippen molar-refractivity contribution in [3.8, 4) is 11.3 Å². The van der Waals surface area contributed by atoms with E-state index < -0.39 is 23.7 Å². The van der Waals surface area contributed by atoms with Gasteiger partial charge in [-0.25, -0.2) is 14.5 Å². The van der Waals surface area contributed by atoms with Crippen molar-refractivity contribution in [2.24, 2.45) is 5.73 Å². The second-order valence-electron chi connectivity index (χ2n) is 8.12. The second-order valence-corrected chi connectivity index (χ2v) is 9.12. The van der Waals surface area contributed by atoms with Gasteiger partial charge < -0.3 is 11.1 Å². The first-order valence-corrected chi connectivity index (χ1v) is 11.4. The van der Waals surface area contributed by atoms with Crippen LogP contribution < -0.4 is 11.1 Å². The summed E-state index contributed by atoms with van der Waals surface area (Å²) in [4.78, 5) is 33.1. The molecule has 0 saturated heterocycles. The molecule has 0 saturated carbocycles. The smallest absolute Gasteiger partial charge is 0.365 e. The van der Waals surface area contributed by atoms with Gasteiger partial charge in [-0.3, -0.25) is 9.59 Å². The van der Waals surface area contributed by atoms with E-state index in [0.29, 0.717) is 17.0 Å². The molecule has 0 aliphatic heterocycles. The fourth-order valence-corrected chi connectivity index (χ4v) is 4.95. The Morgan fingerprint density at radius 2 is 1.83 bits per heavy atom. The highest BCUT2D eigenvalue weighted by Crippen LogP contribution is 2.40. The number of hydrogen-bond donors (Lipinski definition) is 2. The molecule has 0 aliphatic rings. The third-order valence-corrected chi connectivity index (χ3v) is 6.70. The third kappa shape index (κ3) is 3.94. The van der Waals surface area contributed by atoms with Crippen LogP contribution in [0.15, 0.2) is 48.8 Å². The second kappa shape index (κ2) is 8.41. The molecule has 2 amide bonds. The number of nitrogens with one attached hydrogen (secondary N) is 1. The van der Waals surface area contributed by atoms with Crippen molar-refractivity contribution >= 4 is 44.7 Å². The number of nitrogens with zero attached hydrogens (tertiary/aromatic N) is 4. The summed E-state index contributed by atoms with van der Waals surface area (Å²) in [7, 11) is 0. The van der Waals surface area contributed by atoms with Crippen molar-refractivity contribution in [1.29, 1.82) is 0 Å². The summed E-state index contributed by atoms with van der Waals surface area (Å²) in [6, 6.07) is 10.4. The number of aromatic nitrogens is 4. The van der Waals surface area contributed by atoms with Crippen molar-refractivity contribution in [2.75, 3.05) is 5.32 Å². The Morgan fingerprint density at radius 1 is 1.11 bits per heavy atom. The maximum Gasteiger partial charge on any atom is 0.433 e. The first-order chi connectivity index (χ1) is 17.0. The van der Waals surface area contributed by atoms with E-state index in [1.165, 1.54) is 17.6 Å². The average Bonchev–Trinajstić information content (AvgIpc) is 3.41. The average molecular weight is 511 g/mol. The Morgan fingerprint density at radius 3 is 2.50 bits per heavy atom. The van der Waals surface area contributed by atoms with E-state index in [-0.39, 0.29) is 37.6 Å². The largest absolute Gasteiger partial charge is 0.433 e. The molecule has 0 fully saturated rings. The van der Waals surface area contributed by atoms with Crippen LogP contribution in [-0.4, -0.2) is 31.4 Å². The lowest BCUT2D eigenvalue weighted by molar-refractivity contribution is -0.141. The zero-order valence-corrected chi connectivity index (χ0v) is 19.7. The lowest BCUT2D eigenvalue weighted by Gasteiger charge is -2.09. The van der Waals surface area contributed by atoms with Gasteiger partial charge in [-0.05, 0) is 31.5 Å². The molecule has 0 unspecified atom stereocenters. The normalized spacial score (nSPS) is 11.8. The summed E-state index contributed by atoms with van der Waals surface area (Å²) in [5.41, 5.74) is 7.59. The molecule has 36 heavy (non-hydrogen) atoms. The van der Waals surface area contributed by atoms with Crippen LogP contribution in [0, 0.1) is 13.8 Å². The third-order valence-electron chi connectivity index (χ3n) is 5.61. The van der Waals surface area contributed by atoms with Crippen LogP contribution in [0.5, 0.6) is 0 Å². The SMILES string of the molecule is Cc1ccc(-c2ccnc3c(C(=O)Nc4c(C(N)=O)sc5nc(C(F)(F)F)cc(C)c45)cnn23)cc1. The molecule has 3 N–H and O–H groups in total. The molecule has 4 heterocycles. The number of nitrogens with two attached hydrogens (primary N) is 1. The number of carbonyl (C=O) groups excluding carboxylic acids is 2. The van der Waals surface area contributed by atoms with Gasteiger partial charge in [-0.15, -0.1) is 11.3 Å². The van der Waals surface area contributed by atoms with Gasteiger partial charge >= 0.3 is 6.18 Å². The molecule has 12 heteroatoms. The van der Waals surface area contributed by atoms with E-state index in [1.54, 1.807) is 12.3 Å². The standard InChI is InChI=1S/C24H17F3N6O2S/c1-11-3-5-13(6-4-11)15-7-8-29-21-14(10-30-33(15)21)22(35)32-18-17-12(2)9-16(24(25,26)27)31-23(17)36-19(18)20(28)34/h3-10H,1-2H3,(H2,28,34)(H,32,35). The van der Waals surface area contributed by atoms with E-state index in [2.05, 4.69) is 20.4 Å². The molecular formula is C24H17F3N6O2S. The molecular weight excluding hydrogens is 493 g/mol. The van der Waals surface area contributed by atoms with Crippen LogP contribution in [0.25, 0.3) is 27.1 Å². The maximum atomic E-state index is 13.3. The number of primary amides is 1. The Kier molecular flexibility index (Phi) is 5.47. The Bertz CT molecular complexity index is 1670. The van der Waals surface area contributed by atoms with Gasteiger partial charge in [0.2, 0.25) is 0 Å². The quantitative estimate of drug-likeness (QED) is 0.353. The van der Waals surface area contributed by atoms with Crippen molar-refractivity contribution < 1.29 is 22.8 Å². The summed E-state index contributed by atoms with van der Waals surface area (Å²) >= 11 is 0.683. The van der Waals surface area contributed by atoms with E-state index in [0.717, 1.165) is 17.2 Å². The zero-order chi connectivity index (χ0) is 25.8. The predicted molar refractivity (Wildman–Crippen MR) is 129 cm³/mol. The number of anilines is 1. The number of rotatable bonds is 4. The van der Waals surface area contributed by atoms with Gasteiger partial charge in [-0.2, -0.15) is 18.3 Å². The molecule has 182 valence electrons. The number of alkyl halides is 3. The van der Waals surface area contributed by atoms with E-state index in [1.807, 2.05) is 31.2 Å². The molecule has 8 nitrogen and oxygen atoms in total. The minimum Gasteiger partial charge on any atom is -0.365 e. The Hall–Kier alpha value is -4.32. The lowest BCUT2D eigenvalue weighted by Crippen LogP contribution is -2.17. The molecule has 0 atom stereocenters. The molecule has 0 spiro atoms. The number of carbonyl (C=O) groups is 2. The summed E-state index contributed by atoms with van der Waals surface area (Å²) in [6.07, 6.45) is -1.79. The van der Waals surface area contributed by atoms with E-state index in [4.69, 9.17) is 5.73 Å². The van der Waals surface area contributed by atoms with E-state index in [9.17, 15) is 22.8 Å². The molecule has 5 rings (SSSR count). The molecule has 5 aromatic rings. The van der Waals surface area contributed by atoms with Crippen LogP contribution in [-0.2, 0) is 6.18 Å². The predicted octanol–water partition coefficient (Wildman–Crippen LogP) is 4.99.